The number of amides is 2. The molecule has 9 nitrogen and oxygen atoms in total. The van der Waals surface area contributed by atoms with E-state index in [4.69, 9.17) is 10.5 Å². The summed E-state index contributed by atoms with van der Waals surface area (Å²) in [6.45, 7) is 3.45. The number of pyridine rings is 1. The van der Waals surface area contributed by atoms with Crippen molar-refractivity contribution in [1.82, 2.24) is 9.55 Å². The lowest BCUT2D eigenvalue weighted by molar-refractivity contribution is -0.189. The zero-order chi connectivity index (χ0) is 31.1. The van der Waals surface area contributed by atoms with Crippen molar-refractivity contribution in [3.63, 3.8) is 0 Å². The number of nitrogen functional groups attached to an aromatic ring is 1. The van der Waals surface area contributed by atoms with E-state index in [0.29, 0.717) is 39.0 Å². The van der Waals surface area contributed by atoms with Crippen LogP contribution in [0.2, 0.25) is 0 Å². The molecular formula is C31H27F3N6O3. The van der Waals surface area contributed by atoms with Crippen LogP contribution < -0.4 is 21.1 Å². The van der Waals surface area contributed by atoms with E-state index < -0.39 is 23.9 Å². The van der Waals surface area contributed by atoms with Crippen molar-refractivity contribution < 1.29 is 27.5 Å². The van der Waals surface area contributed by atoms with Gasteiger partial charge in [-0.15, -0.1) is 0 Å². The Morgan fingerprint density at radius 1 is 1.19 bits per heavy atom. The second-order valence-corrected chi connectivity index (χ2v) is 10.4. The minimum absolute atomic E-state index is 0.0778. The molecule has 12 heteroatoms. The standard InChI is InChI=1S/C31H27F3N6O3/c1-4-23(41)38-20-8-5-17(6-9-20)27-25(26-28(40(27)2)19(15-35)16-37-29(26)36)18-7-10-21(22(13-18)43-3)39-24(42)14-30(11-12-30)31(32,33)34/h4-10,13,16H,1,11-12,14H2,2-3H3,(H2,36,37)(H,38,41)(H,39,42). The molecule has 2 aromatic carbocycles. The Labute approximate surface area is 244 Å². The number of hydrogen-bond donors (Lipinski definition) is 3. The smallest absolute Gasteiger partial charge is 0.395 e. The largest absolute Gasteiger partial charge is 0.495 e. The topological polar surface area (TPSA) is 135 Å². The third-order valence-electron chi connectivity index (χ3n) is 7.69. The molecule has 1 aliphatic rings. The number of hydrogen-bond acceptors (Lipinski definition) is 6. The van der Waals surface area contributed by atoms with Gasteiger partial charge in [0.25, 0.3) is 0 Å². The maximum Gasteiger partial charge on any atom is 0.395 e. The number of aryl methyl sites for hydroxylation is 1. The van der Waals surface area contributed by atoms with E-state index in [1.807, 2.05) is 4.57 Å². The molecule has 0 radical (unpaired) electrons. The molecular weight excluding hydrogens is 561 g/mol. The molecule has 4 N–H and O–H groups in total. The van der Waals surface area contributed by atoms with Crippen LogP contribution in [0.1, 0.15) is 24.8 Å². The highest BCUT2D eigenvalue weighted by Crippen LogP contribution is 2.60. The molecule has 1 fully saturated rings. The summed E-state index contributed by atoms with van der Waals surface area (Å²) < 4.78 is 47.6. The van der Waals surface area contributed by atoms with Crippen LogP contribution in [0.3, 0.4) is 0 Å². The van der Waals surface area contributed by atoms with Gasteiger partial charge in [0.2, 0.25) is 11.8 Å². The molecule has 0 aliphatic heterocycles. The van der Waals surface area contributed by atoms with Gasteiger partial charge in [0.1, 0.15) is 17.6 Å². The number of carbonyl (C=O) groups is 2. The molecule has 0 spiro atoms. The third kappa shape index (κ3) is 5.25. The number of nitrogens with two attached hydrogens (primary N) is 1. The van der Waals surface area contributed by atoms with E-state index in [9.17, 15) is 28.0 Å². The number of nitrogens with one attached hydrogen (secondary N) is 2. The Balaban J connectivity index is 1.61. The zero-order valence-electron chi connectivity index (χ0n) is 23.3. The van der Waals surface area contributed by atoms with Gasteiger partial charge < -0.3 is 25.7 Å². The Bertz CT molecular complexity index is 1820. The van der Waals surface area contributed by atoms with Gasteiger partial charge in [-0.2, -0.15) is 18.4 Å². The lowest BCUT2D eigenvalue weighted by Gasteiger charge is -2.19. The van der Waals surface area contributed by atoms with Crippen molar-refractivity contribution in [3.05, 3.63) is 66.9 Å². The molecule has 1 saturated carbocycles. The summed E-state index contributed by atoms with van der Waals surface area (Å²) in [4.78, 5) is 28.6. The summed E-state index contributed by atoms with van der Waals surface area (Å²) in [6.07, 6.45) is -2.72. The number of nitrogens with zero attached hydrogens (tertiary/aromatic N) is 3. The number of benzene rings is 2. The van der Waals surface area contributed by atoms with Gasteiger partial charge >= 0.3 is 6.18 Å². The molecule has 220 valence electrons. The summed E-state index contributed by atoms with van der Waals surface area (Å²) in [7, 11) is 3.17. The first-order chi connectivity index (χ1) is 20.4. The molecule has 2 amide bonds. The number of rotatable bonds is 8. The maximum atomic E-state index is 13.4. The molecule has 0 unspecified atom stereocenters. The number of carbonyl (C=O) groups excluding carboxylic acids is 2. The molecule has 2 heterocycles. The number of fused-ring (bicyclic) bond motifs is 1. The predicted molar refractivity (Wildman–Crippen MR) is 157 cm³/mol. The normalized spacial score (nSPS) is 13.7. The Hall–Kier alpha value is -5.31. The fraction of sp³-hybridized carbons (Fsp3) is 0.226. The summed E-state index contributed by atoms with van der Waals surface area (Å²) in [5.74, 6) is -0.724. The number of halogens is 3. The second-order valence-electron chi connectivity index (χ2n) is 10.4. The van der Waals surface area contributed by atoms with Crippen LogP contribution in [0, 0.1) is 16.7 Å². The van der Waals surface area contributed by atoms with Crippen LogP contribution in [0.25, 0.3) is 33.3 Å². The van der Waals surface area contributed by atoms with E-state index in [1.165, 1.54) is 13.3 Å². The van der Waals surface area contributed by atoms with Crippen molar-refractivity contribution in [2.75, 3.05) is 23.5 Å². The second kappa shape index (κ2) is 10.8. The van der Waals surface area contributed by atoms with Crippen molar-refractivity contribution in [2.24, 2.45) is 12.5 Å². The zero-order valence-corrected chi connectivity index (χ0v) is 23.3. The van der Waals surface area contributed by atoms with E-state index in [1.54, 1.807) is 49.5 Å². The van der Waals surface area contributed by atoms with Gasteiger partial charge in [0.05, 0.1) is 40.4 Å². The summed E-state index contributed by atoms with van der Waals surface area (Å²) in [6, 6.07) is 14.1. The number of nitriles is 1. The Morgan fingerprint density at radius 3 is 2.44 bits per heavy atom. The average molecular weight is 589 g/mol. The van der Waals surface area contributed by atoms with Crippen molar-refractivity contribution >= 4 is 39.9 Å². The van der Waals surface area contributed by atoms with Gasteiger partial charge in [-0.25, -0.2) is 4.98 Å². The summed E-state index contributed by atoms with van der Waals surface area (Å²) in [5, 5.41) is 15.6. The molecule has 1 aliphatic carbocycles. The first-order valence-corrected chi connectivity index (χ1v) is 13.2. The minimum Gasteiger partial charge on any atom is -0.495 e. The van der Waals surface area contributed by atoms with Gasteiger partial charge in [-0.05, 0) is 54.3 Å². The highest BCUT2D eigenvalue weighted by molar-refractivity contribution is 6.11. The van der Waals surface area contributed by atoms with Crippen molar-refractivity contribution in [1.29, 1.82) is 5.26 Å². The Kier molecular flexibility index (Phi) is 7.35. The quantitative estimate of drug-likeness (QED) is 0.211. The minimum atomic E-state index is -4.45. The molecule has 0 bridgehead atoms. The lowest BCUT2D eigenvalue weighted by Crippen LogP contribution is -2.29. The van der Waals surface area contributed by atoms with Crippen LogP contribution >= 0.6 is 0 Å². The average Bonchev–Trinajstić information content (AvgIpc) is 3.70. The van der Waals surface area contributed by atoms with Crippen LogP contribution in [-0.4, -0.2) is 34.7 Å². The highest BCUT2D eigenvalue weighted by Gasteiger charge is 2.63. The summed E-state index contributed by atoms with van der Waals surface area (Å²) >= 11 is 0. The maximum absolute atomic E-state index is 13.4. The van der Waals surface area contributed by atoms with Crippen LogP contribution in [-0.2, 0) is 16.6 Å². The third-order valence-corrected chi connectivity index (χ3v) is 7.69. The fourth-order valence-electron chi connectivity index (χ4n) is 5.28. The monoisotopic (exact) mass is 588 g/mol. The van der Waals surface area contributed by atoms with Crippen LogP contribution in [0.15, 0.2) is 61.3 Å². The van der Waals surface area contributed by atoms with Gasteiger partial charge in [0.15, 0.2) is 0 Å². The van der Waals surface area contributed by atoms with E-state index >= 15 is 0 Å². The predicted octanol–water partition coefficient (Wildman–Crippen LogP) is 6.17. The first-order valence-electron chi connectivity index (χ1n) is 13.2. The number of anilines is 3. The molecule has 43 heavy (non-hydrogen) atoms. The number of alkyl halides is 3. The van der Waals surface area contributed by atoms with Gasteiger partial charge in [-0.3, -0.25) is 9.59 Å². The van der Waals surface area contributed by atoms with Crippen LogP contribution in [0.5, 0.6) is 5.75 Å². The van der Waals surface area contributed by atoms with E-state index in [2.05, 4.69) is 28.3 Å². The number of ether oxygens (including phenoxy) is 1. The van der Waals surface area contributed by atoms with E-state index in [-0.39, 0.29) is 36.0 Å². The summed E-state index contributed by atoms with van der Waals surface area (Å²) in [5.41, 5.74) is 8.60. The SMILES string of the molecule is C=CC(=O)Nc1ccc(-c2c(-c3ccc(NC(=O)CC4(C(F)(F)F)CC4)c(OC)c3)c3c(N)ncc(C#N)c3n2C)cc1. The lowest BCUT2D eigenvalue weighted by atomic mass is 9.97. The fourth-order valence-corrected chi connectivity index (χ4v) is 5.28. The molecule has 4 aromatic rings. The van der Waals surface area contributed by atoms with Gasteiger partial charge in [-0.1, -0.05) is 24.8 Å². The first kappa shape index (κ1) is 29.2. The molecule has 5 rings (SSSR count). The highest BCUT2D eigenvalue weighted by atomic mass is 19.4. The van der Waals surface area contributed by atoms with E-state index in [0.717, 1.165) is 11.6 Å². The number of aromatic nitrogens is 2. The van der Waals surface area contributed by atoms with Gasteiger partial charge in [0, 0.05) is 30.9 Å². The van der Waals surface area contributed by atoms with Crippen molar-refractivity contribution in [2.45, 2.75) is 25.4 Å². The van der Waals surface area contributed by atoms with Crippen LogP contribution in [0.4, 0.5) is 30.4 Å². The molecule has 0 saturated heterocycles. The number of methoxy groups -OCH3 is 1. The molecule has 0 atom stereocenters. The molecule has 2 aromatic heterocycles. The van der Waals surface area contributed by atoms with Crippen molar-refractivity contribution in [3.8, 4) is 34.2 Å². The Morgan fingerprint density at radius 2 is 1.86 bits per heavy atom.